The molecule has 6 heteroatoms. The molecule has 1 aliphatic heterocycles. The van der Waals surface area contributed by atoms with Crippen LogP contribution in [0, 0.1) is 6.92 Å². The molecule has 1 aromatic carbocycles. The third kappa shape index (κ3) is 3.27. The summed E-state index contributed by atoms with van der Waals surface area (Å²) in [5, 5.41) is 0.605. The standard InChI is InChI=1S/C18H18ClN3O2/c1-11-9-15(10-14-7-8-16(23)21-20-14)22(2)17(11)18(24)12-3-5-13(19)6-4-12/h3-9,14,20H,10H2,1-2H3,(H,21,23). The Balaban J connectivity index is 1.86. The summed E-state index contributed by atoms with van der Waals surface area (Å²) in [6.07, 6.45) is 4.00. The van der Waals surface area contributed by atoms with Gasteiger partial charge in [-0.15, -0.1) is 0 Å². The van der Waals surface area contributed by atoms with Crippen LogP contribution in [-0.2, 0) is 18.3 Å². The fourth-order valence-electron chi connectivity index (χ4n) is 2.89. The lowest BCUT2D eigenvalue weighted by Gasteiger charge is -2.19. The minimum Gasteiger partial charge on any atom is -0.345 e. The summed E-state index contributed by atoms with van der Waals surface area (Å²) in [5.74, 6) is -0.189. The van der Waals surface area contributed by atoms with Gasteiger partial charge in [-0.3, -0.25) is 15.0 Å². The van der Waals surface area contributed by atoms with Gasteiger partial charge in [0.15, 0.2) is 0 Å². The molecule has 0 radical (unpaired) electrons. The molecule has 1 aromatic heterocycles. The van der Waals surface area contributed by atoms with Crippen molar-refractivity contribution in [3.8, 4) is 0 Å². The number of amides is 1. The molecule has 1 aliphatic rings. The number of benzene rings is 1. The average molecular weight is 344 g/mol. The first kappa shape index (κ1) is 16.5. The lowest BCUT2D eigenvalue weighted by atomic mass is 10.1. The zero-order chi connectivity index (χ0) is 17.3. The van der Waals surface area contributed by atoms with E-state index < -0.39 is 0 Å². The van der Waals surface area contributed by atoms with E-state index in [9.17, 15) is 9.59 Å². The van der Waals surface area contributed by atoms with E-state index in [1.165, 1.54) is 6.08 Å². The van der Waals surface area contributed by atoms with Crippen molar-refractivity contribution in [3.63, 3.8) is 0 Å². The number of aryl methyl sites for hydroxylation is 1. The highest BCUT2D eigenvalue weighted by molar-refractivity contribution is 6.30. The van der Waals surface area contributed by atoms with Crippen LogP contribution in [0.25, 0.3) is 0 Å². The Bertz CT molecular complexity index is 822. The maximum absolute atomic E-state index is 12.8. The summed E-state index contributed by atoms with van der Waals surface area (Å²) in [6.45, 7) is 1.93. The van der Waals surface area contributed by atoms with Gasteiger partial charge in [-0.1, -0.05) is 17.7 Å². The second kappa shape index (κ2) is 6.63. The number of hydrogen-bond donors (Lipinski definition) is 2. The van der Waals surface area contributed by atoms with E-state index >= 15 is 0 Å². The molecule has 0 saturated heterocycles. The number of ketones is 1. The number of nitrogens with one attached hydrogen (secondary N) is 2. The number of rotatable bonds is 4. The topological polar surface area (TPSA) is 63.1 Å². The molecule has 2 heterocycles. The van der Waals surface area contributed by atoms with Crippen LogP contribution in [0.15, 0.2) is 42.5 Å². The van der Waals surface area contributed by atoms with Crippen LogP contribution in [-0.4, -0.2) is 22.3 Å². The first-order valence-electron chi connectivity index (χ1n) is 7.65. The summed E-state index contributed by atoms with van der Waals surface area (Å²) in [7, 11) is 1.89. The fraction of sp³-hybridized carbons (Fsp3) is 0.222. The summed E-state index contributed by atoms with van der Waals surface area (Å²) < 4.78 is 1.91. The first-order valence-corrected chi connectivity index (χ1v) is 8.02. The molecule has 3 rings (SSSR count). The summed E-state index contributed by atoms with van der Waals surface area (Å²) in [6, 6.07) is 8.90. The van der Waals surface area contributed by atoms with Crippen molar-refractivity contribution in [2.75, 3.05) is 0 Å². The predicted octanol–water partition coefficient (Wildman–Crippen LogP) is 2.32. The van der Waals surface area contributed by atoms with Gasteiger partial charge in [0.1, 0.15) is 0 Å². The second-order valence-corrected chi connectivity index (χ2v) is 6.30. The second-order valence-electron chi connectivity index (χ2n) is 5.87. The monoisotopic (exact) mass is 343 g/mol. The van der Waals surface area contributed by atoms with Gasteiger partial charge >= 0.3 is 0 Å². The third-order valence-corrected chi connectivity index (χ3v) is 4.39. The molecule has 24 heavy (non-hydrogen) atoms. The molecule has 1 amide bonds. The number of hydrogen-bond acceptors (Lipinski definition) is 3. The number of carbonyl (C=O) groups excluding carboxylic acids is 2. The van der Waals surface area contributed by atoms with E-state index in [1.54, 1.807) is 24.3 Å². The summed E-state index contributed by atoms with van der Waals surface area (Å²) in [4.78, 5) is 23.9. The Kier molecular flexibility index (Phi) is 4.55. The smallest absolute Gasteiger partial charge is 0.257 e. The van der Waals surface area contributed by atoms with Gasteiger partial charge in [0.25, 0.3) is 5.91 Å². The number of halogens is 1. The molecule has 1 unspecified atom stereocenters. The molecular weight excluding hydrogens is 326 g/mol. The number of carbonyl (C=O) groups is 2. The van der Waals surface area contributed by atoms with Crippen LogP contribution in [0.2, 0.25) is 5.02 Å². The third-order valence-electron chi connectivity index (χ3n) is 4.13. The van der Waals surface area contributed by atoms with E-state index in [0.29, 0.717) is 22.7 Å². The largest absolute Gasteiger partial charge is 0.345 e. The van der Waals surface area contributed by atoms with Crippen molar-refractivity contribution in [1.82, 2.24) is 15.4 Å². The lowest BCUT2D eigenvalue weighted by Crippen LogP contribution is -2.47. The predicted molar refractivity (Wildman–Crippen MR) is 92.9 cm³/mol. The number of aromatic nitrogens is 1. The van der Waals surface area contributed by atoms with Gasteiger partial charge in [0, 0.05) is 35.8 Å². The van der Waals surface area contributed by atoms with Gasteiger partial charge in [0.2, 0.25) is 5.78 Å². The van der Waals surface area contributed by atoms with Crippen LogP contribution >= 0.6 is 11.6 Å². The van der Waals surface area contributed by atoms with Crippen molar-refractivity contribution in [3.05, 3.63) is 70.0 Å². The highest BCUT2D eigenvalue weighted by Crippen LogP contribution is 2.21. The zero-order valence-electron chi connectivity index (χ0n) is 13.5. The van der Waals surface area contributed by atoms with Crippen molar-refractivity contribution < 1.29 is 9.59 Å². The number of nitrogens with zero attached hydrogens (tertiary/aromatic N) is 1. The van der Waals surface area contributed by atoms with Crippen molar-refractivity contribution in [2.45, 2.75) is 19.4 Å². The van der Waals surface area contributed by atoms with E-state index in [4.69, 9.17) is 11.6 Å². The first-order chi connectivity index (χ1) is 11.5. The van der Waals surface area contributed by atoms with E-state index in [2.05, 4.69) is 10.9 Å². The lowest BCUT2D eigenvalue weighted by molar-refractivity contribution is -0.118. The molecule has 0 aliphatic carbocycles. The van der Waals surface area contributed by atoms with E-state index in [0.717, 1.165) is 11.3 Å². The molecule has 5 nitrogen and oxygen atoms in total. The Labute approximate surface area is 145 Å². The van der Waals surface area contributed by atoms with Crippen molar-refractivity contribution in [2.24, 2.45) is 7.05 Å². The molecule has 1 atom stereocenters. The Hall–Kier alpha value is -2.37. The van der Waals surface area contributed by atoms with Crippen LogP contribution in [0.4, 0.5) is 0 Å². The van der Waals surface area contributed by atoms with Crippen LogP contribution in [0.3, 0.4) is 0 Å². The average Bonchev–Trinajstić information content (AvgIpc) is 2.83. The molecule has 0 saturated carbocycles. The molecule has 124 valence electrons. The van der Waals surface area contributed by atoms with Gasteiger partial charge in [-0.2, -0.15) is 0 Å². The van der Waals surface area contributed by atoms with E-state index in [-0.39, 0.29) is 17.7 Å². The van der Waals surface area contributed by atoms with Crippen molar-refractivity contribution in [1.29, 1.82) is 0 Å². The Morgan fingerprint density at radius 1 is 1.29 bits per heavy atom. The van der Waals surface area contributed by atoms with E-state index in [1.807, 2.05) is 30.7 Å². The molecule has 0 spiro atoms. The maximum Gasteiger partial charge on any atom is 0.257 e. The minimum absolute atomic E-state index is 0.00539. The molecule has 2 aromatic rings. The molecular formula is C18H18ClN3O2. The van der Waals surface area contributed by atoms with Gasteiger partial charge < -0.3 is 4.57 Å². The van der Waals surface area contributed by atoms with Crippen molar-refractivity contribution >= 4 is 23.3 Å². The van der Waals surface area contributed by atoms with Gasteiger partial charge in [-0.05, 0) is 42.8 Å². The zero-order valence-corrected chi connectivity index (χ0v) is 14.2. The molecule has 2 N–H and O–H groups in total. The maximum atomic E-state index is 12.8. The summed E-state index contributed by atoms with van der Waals surface area (Å²) >= 11 is 5.89. The normalized spacial score (nSPS) is 17.0. The minimum atomic E-state index is -0.159. The van der Waals surface area contributed by atoms with Crippen LogP contribution < -0.4 is 10.9 Å². The van der Waals surface area contributed by atoms with Gasteiger partial charge in [-0.25, -0.2) is 5.43 Å². The quantitative estimate of drug-likeness (QED) is 0.837. The Morgan fingerprint density at radius 2 is 2.00 bits per heavy atom. The SMILES string of the molecule is Cc1cc(CC2C=CC(=O)NN2)n(C)c1C(=O)c1ccc(Cl)cc1. The van der Waals surface area contributed by atoms with Crippen LogP contribution in [0.5, 0.6) is 0 Å². The Morgan fingerprint density at radius 3 is 2.62 bits per heavy atom. The van der Waals surface area contributed by atoms with Gasteiger partial charge in [0.05, 0.1) is 11.7 Å². The van der Waals surface area contributed by atoms with Crippen LogP contribution in [0.1, 0.15) is 27.3 Å². The number of hydrazine groups is 1. The fourth-order valence-corrected chi connectivity index (χ4v) is 3.02. The highest BCUT2D eigenvalue weighted by atomic mass is 35.5. The highest BCUT2D eigenvalue weighted by Gasteiger charge is 2.20. The molecule has 0 bridgehead atoms. The summed E-state index contributed by atoms with van der Waals surface area (Å²) in [5.41, 5.74) is 8.74. The molecule has 0 fully saturated rings.